The topological polar surface area (TPSA) is 77.4 Å². The molecular weight excluding hydrogens is 407 g/mol. The molecule has 4 nitrogen and oxygen atoms in total. The minimum Gasteiger partial charge on any atom is -0.549 e. The van der Waals surface area contributed by atoms with Crippen molar-refractivity contribution in [1.29, 1.82) is 0 Å². The highest BCUT2D eigenvalue weighted by Gasteiger charge is 2.16. The van der Waals surface area contributed by atoms with Gasteiger partial charge in [-0.1, -0.05) is 49.7 Å². The number of carboxylic acids is 2. The predicted molar refractivity (Wildman–Crippen MR) is 81.3 cm³/mol. The molecule has 23 heavy (non-hydrogen) atoms. The second-order valence-electron chi connectivity index (χ2n) is 4.68. The lowest BCUT2D eigenvalue weighted by molar-refractivity contribution is -0.597. The Balaban J connectivity index is 0.000000241. The smallest absolute Gasteiger partial charge is 0.357 e. The van der Waals surface area contributed by atoms with E-state index < -0.39 is 17.9 Å². The maximum atomic E-state index is 10.1. The van der Waals surface area contributed by atoms with Crippen LogP contribution < -0.4 is 26.3 Å². The van der Waals surface area contributed by atoms with Crippen LogP contribution >= 0.6 is 0 Å². The minimum absolute atomic E-state index is 0.0287. The van der Waals surface area contributed by atoms with Crippen LogP contribution in [0.2, 0.25) is 0 Å². The molecule has 1 atom stereocenters. The van der Waals surface area contributed by atoms with Crippen LogP contribution in [0.15, 0.2) is 60.7 Å². The summed E-state index contributed by atoms with van der Waals surface area (Å²) in [7, 11) is 0. The third-order valence-corrected chi connectivity index (χ3v) is 5.53. The zero-order chi connectivity index (χ0) is 17.1. The number of carboxylic acid groups (broad SMARTS) is 2. The van der Waals surface area contributed by atoms with E-state index in [1.807, 2.05) is 0 Å². The van der Waals surface area contributed by atoms with Gasteiger partial charge in [-0.05, 0) is 30.7 Å². The van der Waals surface area contributed by atoms with Gasteiger partial charge in [-0.25, -0.2) is 0 Å². The first-order valence-corrected chi connectivity index (χ1v) is 9.39. The molecule has 1 unspecified atom stereocenters. The van der Waals surface area contributed by atoms with Crippen molar-refractivity contribution in [2.75, 3.05) is 0 Å². The summed E-state index contributed by atoms with van der Waals surface area (Å²) in [6.07, 6.45) is 0.669. The molecule has 0 aromatic heterocycles. The second-order valence-corrected chi connectivity index (χ2v) is 7.71. The van der Waals surface area contributed by atoms with Crippen LogP contribution in [0.3, 0.4) is 0 Å². The van der Waals surface area contributed by atoms with E-state index in [1.165, 1.54) is 7.14 Å². The number of hydrogen-bond acceptors (Lipinski definition) is 3. The van der Waals surface area contributed by atoms with Crippen LogP contribution in [0.5, 0.6) is 0 Å². The molecule has 0 amide bonds. The Morgan fingerprint density at radius 1 is 1.00 bits per heavy atom. The van der Waals surface area contributed by atoms with E-state index in [-0.39, 0.29) is 27.6 Å². The standard InChI is InChI=1S/C12H10I.C6H10O4/c1-3-7-11(8-4-1)13-12-9-5-2-6-10-12;1-2-3-4(5(7)8)6(9)10/h1-10H;4H,2-3H2,1H3,(H,7,8)(H,9,10)/q+1;/p-1. The van der Waals surface area contributed by atoms with Crippen LogP contribution in [-0.2, 0) is 9.59 Å². The van der Waals surface area contributed by atoms with E-state index in [0.29, 0.717) is 6.42 Å². The Morgan fingerprint density at radius 2 is 1.43 bits per heavy atom. The summed E-state index contributed by atoms with van der Waals surface area (Å²) in [5, 5.41) is 18.3. The molecule has 1 N–H and O–H groups in total. The quantitative estimate of drug-likeness (QED) is 0.478. The Bertz CT molecular complexity index is 547. The van der Waals surface area contributed by atoms with E-state index in [0.717, 1.165) is 0 Å². The summed E-state index contributed by atoms with van der Waals surface area (Å²) in [4.78, 5) is 20.1. The summed E-state index contributed by atoms with van der Waals surface area (Å²) in [5.41, 5.74) is 0. The molecule has 2 aromatic rings. The van der Waals surface area contributed by atoms with Crippen molar-refractivity contribution in [2.45, 2.75) is 19.8 Å². The third kappa shape index (κ3) is 7.78. The Labute approximate surface area is 146 Å². The molecule has 2 rings (SSSR count). The molecule has 0 spiro atoms. The molecule has 0 aliphatic rings. The number of benzene rings is 2. The molecule has 122 valence electrons. The van der Waals surface area contributed by atoms with Gasteiger partial charge in [0, 0.05) is 0 Å². The molecule has 0 bridgehead atoms. The normalized spacial score (nSPS) is 11.0. The Morgan fingerprint density at radius 3 is 1.70 bits per heavy atom. The molecule has 2 aromatic carbocycles. The van der Waals surface area contributed by atoms with Gasteiger partial charge >= 0.3 is 27.2 Å². The van der Waals surface area contributed by atoms with Crippen LogP contribution in [0, 0.1) is 13.1 Å². The monoisotopic (exact) mass is 426 g/mol. The first kappa shape index (κ1) is 19.2. The van der Waals surface area contributed by atoms with Gasteiger partial charge in [0.05, 0.1) is 11.9 Å². The molecule has 0 aliphatic carbocycles. The number of rotatable bonds is 6. The van der Waals surface area contributed by atoms with Crippen molar-refractivity contribution >= 4 is 11.9 Å². The molecule has 0 aliphatic heterocycles. The van der Waals surface area contributed by atoms with Crippen LogP contribution in [0.25, 0.3) is 0 Å². The fourth-order valence-electron chi connectivity index (χ4n) is 1.71. The fourth-order valence-corrected chi connectivity index (χ4v) is 3.98. The SMILES string of the molecule is CCCC(C(=O)[O-])C(=O)O.c1ccc([I+]c2ccccc2)cc1. The summed E-state index contributed by atoms with van der Waals surface area (Å²) >= 11 is 0.0287. The maximum Gasteiger partial charge on any atom is 0.357 e. The number of hydrogen-bond donors (Lipinski definition) is 1. The van der Waals surface area contributed by atoms with Gasteiger partial charge in [-0.2, -0.15) is 0 Å². The van der Waals surface area contributed by atoms with E-state index in [2.05, 4.69) is 60.7 Å². The second kappa shape index (κ2) is 10.8. The Hall–Kier alpha value is -1.89. The highest BCUT2D eigenvalue weighted by atomic mass is 127. The van der Waals surface area contributed by atoms with Crippen LogP contribution in [0.1, 0.15) is 19.8 Å². The number of halogens is 1. The van der Waals surface area contributed by atoms with Crippen LogP contribution in [-0.4, -0.2) is 17.0 Å². The molecule has 0 fully saturated rings. The van der Waals surface area contributed by atoms with Gasteiger partial charge < -0.3 is 15.0 Å². The van der Waals surface area contributed by atoms with E-state index in [1.54, 1.807) is 6.92 Å². The highest BCUT2D eigenvalue weighted by Crippen LogP contribution is 2.04. The summed E-state index contributed by atoms with van der Waals surface area (Å²) in [6, 6.07) is 21.4. The van der Waals surface area contributed by atoms with E-state index in [9.17, 15) is 14.7 Å². The predicted octanol–water partition coefficient (Wildman–Crippen LogP) is -0.948. The van der Waals surface area contributed by atoms with Gasteiger partial charge in [-0.3, -0.25) is 4.79 Å². The fraction of sp³-hybridized carbons (Fsp3) is 0.222. The van der Waals surface area contributed by atoms with Crippen molar-refractivity contribution in [2.24, 2.45) is 5.92 Å². The molecular formula is C18H19IO4. The van der Waals surface area contributed by atoms with Crippen molar-refractivity contribution in [1.82, 2.24) is 0 Å². The van der Waals surface area contributed by atoms with Crippen molar-refractivity contribution in [3.8, 4) is 0 Å². The minimum atomic E-state index is -1.51. The average Bonchev–Trinajstić information content (AvgIpc) is 2.54. The van der Waals surface area contributed by atoms with E-state index in [4.69, 9.17) is 5.11 Å². The first-order chi connectivity index (χ1) is 11.0. The van der Waals surface area contributed by atoms with Gasteiger partial charge in [0.25, 0.3) is 0 Å². The van der Waals surface area contributed by atoms with Gasteiger partial charge in [0.1, 0.15) is 0 Å². The van der Waals surface area contributed by atoms with Gasteiger partial charge in [-0.15, -0.1) is 0 Å². The zero-order valence-corrected chi connectivity index (χ0v) is 15.0. The number of aliphatic carboxylic acids is 2. The van der Waals surface area contributed by atoms with Crippen molar-refractivity contribution < 1.29 is 41.0 Å². The largest absolute Gasteiger partial charge is 0.549 e. The van der Waals surface area contributed by atoms with Crippen molar-refractivity contribution in [3.05, 3.63) is 67.8 Å². The average molecular weight is 426 g/mol. The number of carbonyl (C=O) groups excluding carboxylic acids is 1. The van der Waals surface area contributed by atoms with Gasteiger partial charge in [0.2, 0.25) is 0 Å². The molecule has 0 heterocycles. The molecule has 0 saturated heterocycles. The van der Waals surface area contributed by atoms with Crippen LogP contribution in [0.4, 0.5) is 0 Å². The number of carbonyl (C=O) groups is 2. The highest BCUT2D eigenvalue weighted by molar-refractivity contribution is 5.91. The summed E-state index contributed by atoms with van der Waals surface area (Å²) < 4.78 is 2.96. The van der Waals surface area contributed by atoms with E-state index >= 15 is 0 Å². The summed E-state index contributed by atoms with van der Waals surface area (Å²) in [6.45, 7) is 1.72. The van der Waals surface area contributed by atoms with Crippen molar-refractivity contribution in [3.63, 3.8) is 0 Å². The first-order valence-electron chi connectivity index (χ1n) is 7.23. The lowest BCUT2D eigenvalue weighted by Gasteiger charge is -2.10. The third-order valence-electron chi connectivity index (χ3n) is 2.84. The van der Waals surface area contributed by atoms with Gasteiger partial charge in [0.15, 0.2) is 7.14 Å². The maximum absolute atomic E-state index is 10.1. The molecule has 0 radical (unpaired) electrons. The summed E-state index contributed by atoms with van der Waals surface area (Å²) in [5.74, 6) is -4.17. The lowest BCUT2D eigenvalue weighted by Crippen LogP contribution is -3.61. The molecule has 5 heteroatoms. The molecule has 0 saturated carbocycles. The Kier molecular flexibility index (Phi) is 8.97. The zero-order valence-electron chi connectivity index (χ0n) is 12.8. The lowest BCUT2D eigenvalue weighted by atomic mass is 10.1.